The fourth-order valence-electron chi connectivity index (χ4n) is 1.98. The molecular weight excluding hydrogens is 308 g/mol. The number of amides is 1. The summed E-state index contributed by atoms with van der Waals surface area (Å²) in [4.78, 5) is 10.5. The first kappa shape index (κ1) is 15.0. The van der Waals surface area contributed by atoms with Crippen molar-refractivity contribution in [2.24, 2.45) is 5.41 Å². The van der Waals surface area contributed by atoms with E-state index in [1.165, 1.54) is 12.3 Å². The van der Waals surface area contributed by atoms with Gasteiger partial charge in [-0.2, -0.15) is 0 Å². The molecule has 0 radical (unpaired) electrons. The molecule has 96 valence electrons. The standard InChI is InChI=1S/C10H11Cl4NO2/c1-9(2)8(15-5-16)10(9,3-6(11)12)17-4-7(13)14/h3-5,8H,1-2H3,(H,15,16)/t8-,10+/m0/s1. The molecule has 1 fully saturated rings. The van der Waals surface area contributed by atoms with Crippen LogP contribution in [0, 0.1) is 5.41 Å². The van der Waals surface area contributed by atoms with Crippen molar-refractivity contribution in [1.82, 2.24) is 5.32 Å². The lowest BCUT2D eigenvalue weighted by atomic mass is 10.1. The molecule has 1 rings (SSSR count). The van der Waals surface area contributed by atoms with Crippen LogP contribution >= 0.6 is 46.4 Å². The van der Waals surface area contributed by atoms with Crippen LogP contribution in [0.2, 0.25) is 0 Å². The number of carbonyl (C=O) groups is 1. The van der Waals surface area contributed by atoms with E-state index < -0.39 is 5.60 Å². The van der Waals surface area contributed by atoms with Gasteiger partial charge in [-0.05, 0) is 6.08 Å². The van der Waals surface area contributed by atoms with Crippen molar-refractivity contribution in [3.63, 3.8) is 0 Å². The third kappa shape index (κ3) is 2.84. The fraction of sp³-hybridized carbons (Fsp3) is 0.500. The minimum absolute atomic E-state index is 0.0315. The molecular formula is C10H11Cl4NO2. The van der Waals surface area contributed by atoms with Crippen molar-refractivity contribution in [2.45, 2.75) is 25.5 Å². The highest BCUT2D eigenvalue weighted by atomic mass is 35.5. The molecule has 1 saturated carbocycles. The monoisotopic (exact) mass is 317 g/mol. The van der Waals surface area contributed by atoms with Crippen LogP contribution in [-0.4, -0.2) is 18.1 Å². The lowest BCUT2D eigenvalue weighted by molar-refractivity contribution is -0.110. The quantitative estimate of drug-likeness (QED) is 0.622. The number of hydrogen-bond acceptors (Lipinski definition) is 2. The molecule has 0 aromatic carbocycles. The molecule has 1 aliphatic rings. The van der Waals surface area contributed by atoms with E-state index in [4.69, 9.17) is 51.1 Å². The van der Waals surface area contributed by atoms with Gasteiger partial charge in [0.05, 0.1) is 6.04 Å². The van der Waals surface area contributed by atoms with Gasteiger partial charge in [0.2, 0.25) is 6.41 Å². The maximum absolute atomic E-state index is 10.5. The van der Waals surface area contributed by atoms with Crippen molar-refractivity contribution in [1.29, 1.82) is 0 Å². The molecule has 0 unspecified atom stereocenters. The maximum atomic E-state index is 10.5. The Labute approximate surface area is 120 Å². The molecule has 1 aliphatic carbocycles. The van der Waals surface area contributed by atoms with Crippen molar-refractivity contribution in [3.8, 4) is 0 Å². The molecule has 0 heterocycles. The predicted molar refractivity (Wildman–Crippen MR) is 70.2 cm³/mol. The average Bonchev–Trinajstić information content (AvgIpc) is 2.61. The Balaban J connectivity index is 3.02. The molecule has 0 bridgehead atoms. The van der Waals surface area contributed by atoms with Crippen LogP contribution in [0.1, 0.15) is 13.8 Å². The Hall–Kier alpha value is -0.0900. The molecule has 0 aliphatic heterocycles. The highest BCUT2D eigenvalue weighted by molar-refractivity contribution is 6.56. The topological polar surface area (TPSA) is 38.3 Å². The number of ether oxygens (including phenoxy) is 1. The zero-order valence-corrected chi connectivity index (χ0v) is 12.2. The van der Waals surface area contributed by atoms with E-state index in [9.17, 15) is 4.79 Å². The van der Waals surface area contributed by atoms with Gasteiger partial charge in [-0.3, -0.25) is 4.79 Å². The van der Waals surface area contributed by atoms with Crippen molar-refractivity contribution in [3.05, 3.63) is 21.3 Å². The van der Waals surface area contributed by atoms with Crippen molar-refractivity contribution >= 4 is 52.8 Å². The van der Waals surface area contributed by atoms with E-state index in [1.54, 1.807) is 0 Å². The number of rotatable bonds is 5. The fourth-order valence-corrected chi connectivity index (χ4v) is 2.40. The Morgan fingerprint density at radius 3 is 2.24 bits per heavy atom. The van der Waals surface area contributed by atoms with E-state index in [-0.39, 0.29) is 20.4 Å². The highest BCUT2D eigenvalue weighted by Crippen LogP contribution is 2.60. The Morgan fingerprint density at radius 2 is 1.82 bits per heavy atom. The first-order valence-electron chi connectivity index (χ1n) is 4.70. The first-order chi connectivity index (χ1) is 7.78. The Morgan fingerprint density at radius 1 is 1.24 bits per heavy atom. The summed E-state index contributed by atoms with van der Waals surface area (Å²) in [6, 6.07) is -0.260. The van der Waals surface area contributed by atoms with Crippen molar-refractivity contribution < 1.29 is 9.53 Å². The van der Waals surface area contributed by atoms with Gasteiger partial charge in [0.15, 0.2) is 5.60 Å². The SMILES string of the molecule is CC1(C)[C@H](NC=O)[C@@]1(C=C(Cl)Cl)OC=C(Cl)Cl. The average molecular weight is 319 g/mol. The van der Waals surface area contributed by atoms with Gasteiger partial charge in [0.1, 0.15) is 15.2 Å². The summed E-state index contributed by atoms with van der Waals surface area (Å²) in [6.45, 7) is 3.80. The lowest BCUT2D eigenvalue weighted by Crippen LogP contribution is -2.25. The van der Waals surface area contributed by atoms with Crippen LogP contribution in [0.25, 0.3) is 0 Å². The molecule has 0 aromatic rings. The number of nitrogens with one attached hydrogen (secondary N) is 1. The molecule has 1 N–H and O–H groups in total. The van der Waals surface area contributed by atoms with Gasteiger partial charge in [-0.15, -0.1) is 0 Å². The van der Waals surface area contributed by atoms with Crippen LogP contribution < -0.4 is 5.32 Å². The molecule has 0 saturated heterocycles. The van der Waals surface area contributed by atoms with E-state index in [1.807, 2.05) is 13.8 Å². The minimum Gasteiger partial charge on any atom is -0.485 e. The predicted octanol–water partition coefficient (Wildman–Crippen LogP) is 3.49. The normalized spacial score (nSPS) is 28.9. The van der Waals surface area contributed by atoms with Gasteiger partial charge in [-0.25, -0.2) is 0 Å². The van der Waals surface area contributed by atoms with Gasteiger partial charge in [0, 0.05) is 5.41 Å². The number of halogens is 4. The summed E-state index contributed by atoms with van der Waals surface area (Å²) in [5.41, 5.74) is -1.22. The number of hydrogen-bond donors (Lipinski definition) is 1. The second kappa shape index (κ2) is 5.27. The zero-order valence-electron chi connectivity index (χ0n) is 9.14. The van der Waals surface area contributed by atoms with Crippen LogP contribution in [-0.2, 0) is 9.53 Å². The summed E-state index contributed by atoms with van der Waals surface area (Å²) in [6.07, 6.45) is 3.30. The molecule has 0 aromatic heterocycles. The van der Waals surface area contributed by atoms with E-state index in [0.29, 0.717) is 6.41 Å². The summed E-state index contributed by atoms with van der Waals surface area (Å²) in [5.74, 6) is 0. The first-order valence-corrected chi connectivity index (χ1v) is 6.21. The van der Waals surface area contributed by atoms with E-state index in [2.05, 4.69) is 5.32 Å². The Bertz CT molecular complexity index is 373. The minimum atomic E-state index is -0.845. The summed E-state index contributed by atoms with van der Waals surface area (Å²) >= 11 is 22.3. The summed E-state index contributed by atoms with van der Waals surface area (Å²) < 4.78 is 5.52. The molecule has 1 amide bonds. The van der Waals surface area contributed by atoms with Crippen LogP contribution in [0.3, 0.4) is 0 Å². The van der Waals surface area contributed by atoms with Crippen molar-refractivity contribution in [2.75, 3.05) is 0 Å². The van der Waals surface area contributed by atoms with Gasteiger partial charge in [-0.1, -0.05) is 60.3 Å². The largest absolute Gasteiger partial charge is 0.485 e. The van der Waals surface area contributed by atoms with Gasteiger partial charge >= 0.3 is 0 Å². The summed E-state index contributed by atoms with van der Waals surface area (Å²) in [7, 11) is 0. The molecule has 3 nitrogen and oxygen atoms in total. The van der Waals surface area contributed by atoms with Crippen LogP contribution in [0.5, 0.6) is 0 Å². The molecule has 2 atom stereocenters. The van der Waals surface area contributed by atoms with Gasteiger partial charge < -0.3 is 10.1 Å². The van der Waals surface area contributed by atoms with Crippen LogP contribution in [0.15, 0.2) is 21.3 Å². The third-order valence-corrected chi connectivity index (χ3v) is 3.37. The van der Waals surface area contributed by atoms with Crippen LogP contribution in [0.4, 0.5) is 0 Å². The van der Waals surface area contributed by atoms with E-state index >= 15 is 0 Å². The molecule has 0 spiro atoms. The molecule has 17 heavy (non-hydrogen) atoms. The smallest absolute Gasteiger partial charge is 0.207 e. The second-order valence-corrected chi connectivity index (χ2v) is 6.21. The third-order valence-electron chi connectivity index (χ3n) is 2.98. The summed E-state index contributed by atoms with van der Waals surface area (Å²) in [5, 5.41) is 2.65. The highest BCUT2D eigenvalue weighted by Gasteiger charge is 2.73. The molecule has 7 heteroatoms. The second-order valence-electron chi connectivity index (χ2n) is 4.19. The van der Waals surface area contributed by atoms with E-state index in [0.717, 1.165) is 0 Å². The lowest BCUT2D eigenvalue weighted by Gasteiger charge is -2.15. The maximum Gasteiger partial charge on any atom is 0.207 e. The Kier molecular flexibility index (Phi) is 4.64. The zero-order chi connectivity index (χ0) is 13.3. The number of carbonyl (C=O) groups excluding carboxylic acids is 1. The van der Waals surface area contributed by atoms with Gasteiger partial charge in [0.25, 0.3) is 0 Å².